The molecule has 7 heteroatoms. The van der Waals surface area contributed by atoms with E-state index in [1.807, 2.05) is 30.3 Å². The zero-order chi connectivity index (χ0) is 17.4. The van der Waals surface area contributed by atoms with Gasteiger partial charge in [-0.05, 0) is 42.0 Å². The molecule has 0 unspecified atom stereocenters. The fourth-order valence-electron chi connectivity index (χ4n) is 1.91. The second-order valence-corrected chi connectivity index (χ2v) is 5.75. The number of methoxy groups -OCH3 is 1. The van der Waals surface area contributed by atoms with Crippen molar-refractivity contribution in [3.8, 4) is 5.75 Å². The maximum atomic E-state index is 6.07. The highest BCUT2D eigenvalue weighted by Crippen LogP contribution is 2.21. The highest BCUT2D eigenvalue weighted by Gasteiger charge is 2.01. The van der Waals surface area contributed by atoms with Gasteiger partial charge in [0.2, 0.25) is 0 Å². The van der Waals surface area contributed by atoms with Gasteiger partial charge >= 0.3 is 0 Å². The number of rotatable bonds is 7. The van der Waals surface area contributed by atoms with E-state index in [4.69, 9.17) is 38.4 Å². The first-order chi connectivity index (χ1) is 11.6. The fraction of sp³-hybridized carbons (Fsp3) is 0.235. The summed E-state index contributed by atoms with van der Waals surface area (Å²) in [5.74, 6) is 1.11. The highest BCUT2D eigenvalue weighted by atomic mass is 35.5. The SMILES string of the molecule is COc1ccc(NC(N)=NCCOCc2ccc(Cl)cc2Cl)cc1. The molecule has 0 radical (unpaired) electrons. The molecule has 2 aromatic rings. The average molecular weight is 368 g/mol. The smallest absolute Gasteiger partial charge is 0.193 e. The summed E-state index contributed by atoms with van der Waals surface area (Å²) in [7, 11) is 1.62. The van der Waals surface area contributed by atoms with E-state index in [2.05, 4.69) is 10.3 Å². The van der Waals surface area contributed by atoms with Crippen molar-refractivity contribution in [3.63, 3.8) is 0 Å². The van der Waals surface area contributed by atoms with Gasteiger partial charge < -0.3 is 20.5 Å². The van der Waals surface area contributed by atoms with Gasteiger partial charge in [0.05, 0.1) is 26.9 Å². The van der Waals surface area contributed by atoms with Crippen LogP contribution in [0.3, 0.4) is 0 Å². The molecule has 128 valence electrons. The van der Waals surface area contributed by atoms with Crippen LogP contribution < -0.4 is 15.8 Å². The summed E-state index contributed by atoms with van der Waals surface area (Å²) in [4.78, 5) is 4.20. The van der Waals surface area contributed by atoms with Crippen LogP contribution in [0.5, 0.6) is 5.75 Å². The number of halogens is 2. The molecule has 0 aliphatic carbocycles. The number of hydrogen-bond acceptors (Lipinski definition) is 3. The second-order valence-electron chi connectivity index (χ2n) is 4.91. The Morgan fingerprint density at radius 1 is 1.17 bits per heavy atom. The lowest BCUT2D eigenvalue weighted by atomic mass is 10.2. The summed E-state index contributed by atoms with van der Waals surface area (Å²) >= 11 is 11.9. The molecule has 0 spiro atoms. The lowest BCUT2D eigenvalue weighted by molar-refractivity contribution is 0.128. The average Bonchev–Trinajstić information content (AvgIpc) is 2.57. The van der Waals surface area contributed by atoms with Gasteiger partial charge in [0.25, 0.3) is 0 Å². The van der Waals surface area contributed by atoms with Crippen LogP contribution in [0.2, 0.25) is 10.0 Å². The Hall–Kier alpha value is -1.95. The molecule has 2 aromatic carbocycles. The third-order valence-corrected chi connectivity index (χ3v) is 3.74. The second kappa shape index (κ2) is 9.37. The van der Waals surface area contributed by atoms with Crippen molar-refractivity contribution in [3.05, 3.63) is 58.1 Å². The van der Waals surface area contributed by atoms with Crippen molar-refractivity contribution in [1.29, 1.82) is 0 Å². The van der Waals surface area contributed by atoms with Crippen LogP contribution in [-0.2, 0) is 11.3 Å². The van der Waals surface area contributed by atoms with Crippen molar-refractivity contribution in [2.45, 2.75) is 6.61 Å². The standard InChI is InChI=1S/C17H19Cl2N3O2/c1-23-15-6-4-14(5-7-15)22-17(20)21-8-9-24-11-12-2-3-13(18)10-16(12)19/h2-7,10H,8-9,11H2,1H3,(H3,20,21,22). The largest absolute Gasteiger partial charge is 0.497 e. The molecular formula is C17H19Cl2N3O2. The molecule has 24 heavy (non-hydrogen) atoms. The van der Waals surface area contributed by atoms with Gasteiger partial charge in [0.1, 0.15) is 5.75 Å². The number of benzene rings is 2. The van der Waals surface area contributed by atoms with Gasteiger partial charge in [-0.2, -0.15) is 0 Å². The Morgan fingerprint density at radius 2 is 1.92 bits per heavy atom. The van der Waals surface area contributed by atoms with E-state index >= 15 is 0 Å². The molecule has 0 amide bonds. The summed E-state index contributed by atoms with van der Waals surface area (Å²) in [5, 5.41) is 4.19. The number of ether oxygens (including phenoxy) is 2. The van der Waals surface area contributed by atoms with Crippen LogP contribution in [0.15, 0.2) is 47.5 Å². The Balaban J connectivity index is 1.72. The normalized spacial score (nSPS) is 11.4. The van der Waals surface area contributed by atoms with Crippen molar-refractivity contribution < 1.29 is 9.47 Å². The number of nitrogens with two attached hydrogens (primary N) is 1. The zero-order valence-electron chi connectivity index (χ0n) is 13.3. The molecule has 0 atom stereocenters. The maximum Gasteiger partial charge on any atom is 0.193 e. The Labute approximate surface area is 151 Å². The Bertz CT molecular complexity index is 691. The number of nitrogens with zero attached hydrogens (tertiary/aromatic N) is 1. The van der Waals surface area contributed by atoms with E-state index in [0.717, 1.165) is 17.0 Å². The third-order valence-electron chi connectivity index (χ3n) is 3.15. The molecule has 0 bridgehead atoms. The summed E-state index contributed by atoms with van der Waals surface area (Å²) in [5.41, 5.74) is 7.55. The van der Waals surface area contributed by atoms with Crippen LogP contribution in [0.1, 0.15) is 5.56 Å². The lowest BCUT2D eigenvalue weighted by Crippen LogP contribution is -2.23. The van der Waals surface area contributed by atoms with Gasteiger partial charge in [-0.3, -0.25) is 4.99 Å². The third kappa shape index (κ3) is 5.92. The van der Waals surface area contributed by atoms with Crippen LogP contribution in [0, 0.1) is 0 Å². The van der Waals surface area contributed by atoms with Crippen molar-refractivity contribution in [2.75, 3.05) is 25.6 Å². The number of anilines is 1. The molecule has 0 aromatic heterocycles. The molecule has 3 N–H and O–H groups in total. The monoisotopic (exact) mass is 367 g/mol. The lowest BCUT2D eigenvalue weighted by Gasteiger charge is -2.07. The summed E-state index contributed by atoms with van der Waals surface area (Å²) in [6.07, 6.45) is 0. The fourth-order valence-corrected chi connectivity index (χ4v) is 2.38. The maximum absolute atomic E-state index is 6.07. The molecule has 2 rings (SSSR count). The van der Waals surface area contributed by atoms with Crippen LogP contribution in [-0.4, -0.2) is 26.2 Å². The van der Waals surface area contributed by atoms with Gasteiger partial charge in [0.15, 0.2) is 5.96 Å². The van der Waals surface area contributed by atoms with Gasteiger partial charge in [-0.25, -0.2) is 0 Å². The molecule has 5 nitrogen and oxygen atoms in total. The predicted molar refractivity (Wildman–Crippen MR) is 99.2 cm³/mol. The van der Waals surface area contributed by atoms with Gasteiger partial charge in [-0.15, -0.1) is 0 Å². The minimum absolute atomic E-state index is 0.327. The topological polar surface area (TPSA) is 68.9 Å². The molecule has 0 saturated carbocycles. The summed E-state index contributed by atoms with van der Waals surface area (Å²) in [6, 6.07) is 12.7. The van der Waals surface area contributed by atoms with Crippen LogP contribution in [0.4, 0.5) is 5.69 Å². The zero-order valence-corrected chi connectivity index (χ0v) is 14.8. The van der Waals surface area contributed by atoms with E-state index < -0.39 is 0 Å². The quantitative estimate of drug-likeness (QED) is 0.441. The van der Waals surface area contributed by atoms with Crippen molar-refractivity contribution >= 4 is 34.8 Å². The van der Waals surface area contributed by atoms with Crippen LogP contribution >= 0.6 is 23.2 Å². The first kappa shape index (κ1) is 18.4. The van der Waals surface area contributed by atoms with Gasteiger partial charge in [0, 0.05) is 15.7 Å². The van der Waals surface area contributed by atoms with Crippen molar-refractivity contribution in [1.82, 2.24) is 0 Å². The number of nitrogens with one attached hydrogen (secondary N) is 1. The van der Waals surface area contributed by atoms with Crippen LogP contribution in [0.25, 0.3) is 0 Å². The minimum atomic E-state index is 0.327. The minimum Gasteiger partial charge on any atom is -0.497 e. The Morgan fingerprint density at radius 3 is 2.58 bits per heavy atom. The van der Waals surface area contributed by atoms with Gasteiger partial charge in [-0.1, -0.05) is 29.3 Å². The highest BCUT2D eigenvalue weighted by molar-refractivity contribution is 6.35. The van der Waals surface area contributed by atoms with E-state index in [1.54, 1.807) is 19.2 Å². The number of guanidine groups is 1. The van der Waals surface area contributed by atoms with E-state index in [-0.39, 0.29) is 0 Å². The summed E-state index contributed by atoms with van der Waals surface area (Å²) in [6.45, 7) is 1.28. The Kier molecular flexibility index (Phi) is 7.18. The van der Waals surface area contributed by atoms with E-state index in [1.165, 1.54) is 0 Å². The predicted octanol–water partition coefficient (Wildman–Crippen LogP) is 3.95. The molecule has 0 fully saturated rings. The molecule has 0 aliphatic heterocycles. The number of hydrogen-bond donors (Lipinski definition) is 2. The van der Waals surface area contributed by atoms with E-state index in [0.29, 0.717) is 35.8 Å². The number of aliphatic imine (C=N–C) groups is 1. The first-order valence-electron chi connectivity index (χ1n) is 7.31. The van der Waals surface area contributed by atoms with E-state index in [9.17, 15) is 0 Å². The molecule has 0 aliphatic rings. The van der Waals surface area contributed by atoms with Crippen molar-refractivity contribution in [2.24, 2.45) is 10.7 Å². The molecular weight excluding hydrogens is 349 g/mol. The molecule has 0 saturated heterocycles. The first-order valence-corrected chi connectivity index (χ1v) is 8.07. The molecule has 0 heterocycles. The summed E-state index contributed by atoms with van der Waals surface area (Å²) < 4.78 is 10.6.